The average molecular weight is 217 g/mol. The van der Waals surface area contributed by atoms with Gasteiger partial charge < -0.3 is 10.4 Å². The third-order valence-electron chi connectivity index (χ3n) is 3.96. The summed E-state index contributed by atoms with van der Waals surface area (Å²) in [7, 11) is 0. The summed E-state index contributed by atoms with van der Waals surface area (Å²) in [6, 6.07) is 4.40. The van der Waals surface area contributed by atoms with Crippen molar-refractivity contribution in [2.75, 3.05) is 6.54 Å². The quantitative estimate of drug-likeness (QED) is 0.758. The van der Waals surface area contributed by atoms with E-state index >= 15 is 0 Å². The lowest BCUT2D eigenvalue weighted by atomic mass is 9.85. The Morgan fingerprint density at radius 3 is 2.81 bits per heavy atom. The molecule has 1 heterocycles. The number of benzene rings is 1. The molecule has 1 aromatic rings. The molecular formula is C14H19NO. The fourth-order valence-corrected chi connectivity index (χ4v) is 3.16. The number of aromatic hydroxyl groups is 1. The van der Waals surface area contributed by atoms with Crippen LogP contribution in [-0.2, 0) is 12.8 Å². The van der Waals surface area contributed by atoms with Crippen molar-refractivity contribution in [1.82, 2.24) is 5.32 Å². The Bertz CT molecular complexity index is 394. The molecule has 1 unspecified atom stereocenters. The standard InChI is InChI=1S/C14H19NO/c16-13-8-7-10-4-1-2-5-11(10)14(13)12-6-3-9-15-12/h7-8,12,15-16H,1-6,9H2. The molecule has 1 atom stereocenters. The van der Waals surface area contributed by atoms with E-state index in [-0.39, 0.29) is 0 Å². The highest BCUT2D eigenvalue weighted by Crippen LogP contribution is 2.37. The fraction of sp³-hybridized carbons (Fsp3) is 0.571. The van der Waals surface area contributed by atoms with Gasteiger partial charge in [0, 0.05) is 11.6 Å². The van der Waals surface area contributed by atoms with Gasteiger partial charge in [-0.15, -0.1) is 0 Å². The molecule has 1 aromatic carbocycles. The van der Waals surface area contributed by atoms with Crippen molar-refractivity contribution in [3.05, 3.63) is 28.8 Å². The van der Waals surface area contributed by atoms with Gasteiger partial charge in [0.1, 0.15) is 5.75 Å². The van der Waals surface area contributed by atoms with E-state index in [1.807, 2.05) is 6.07 Å². The number of rotatable bonds is 1. The van der Waals surface area contributed by atoms with Crippen molar-refractivity contribution in [2.24, 2.45) is 0 Å². The summed E-state index contributed by atoms with van der Waals surface area (Å²) in [5.41, 5.74) is 4.10. The monoisotopic (exact) mass is 217 g/mol. The zero-order valence-electron chi connectivity index (χ0n) is 9.63. The first-order chi connectivity index (χ1) is 7.86. The van der Waals surface area contributed by atoms with Crippen molar-refractivity contribution >= 4 is 0 Å². The summed E-state index contributed by atoms with van der Waals surface area (Å²) >= 11 is 0. The van der Waals surface area contributed by atoms with Crippen molar-refractivity contribution in [1.29, 1.82) is 0 Å². The van der Waals surface area contributed by atoms with Gasteiger partial charge in [-0.05, 0) is 62.3 Å². The molecule has 1 saturated heterocycles. The maximum Gasteiger partial charge on any atom is 0.120 e. The second-order valence-corrected chi connectivity index (χ2v) is 4.99. The Kier molecular flexibility index (Phi) is 2.60. The minimum Gasteiger partial charge on any atom is -0.508 e. The average Bonchev–Trinajstić information content (AvgIpc) is 2.82. The van der Waals surface area contributed by atoms with Crippen LogP contribution in [0.2, 0.25) is 0 Å². The summed E-state index contributed by atoms with van der Waals surface area (Å²) in [6.45, 7) is 1.09. The van der Waals surface area contributed by atoms with Gasteiger partial charge in [0.15, 0.2) is 0 Å². The zero-order valence-corrected chi connectivity index (χ0v) is 9.63. The highest BCUT2D eigenvalue weighted by atomic mass is 16.3. The van der Waals surface area contributed by atoms with Crippen molar-refractivity contribution in [2.45, 2.75) is 44.6 Å². The van der Waals surface area contributed by atoms with Crippen LogP contribution in [0.15, 0.2) is 12.1 Å². The SMILES string of the molecule is Oc1ccc2c(c1C1CCCN1)CCCC2. The molecule has 2 heteroatoms. The number of nitrogens with one attached hydrogen (secondary N) is 1. The maximum absolute atomic E-state index is 10.1. The topological polar surface area (TPSA) is 32.3 Å². The molecule has 1 aliphatic carbocycles. The number of hydrogen-bond acceptors (Lipinski definition) is 2. The molecule has 0 spiro atoms. The molecule has 0 aromatic heterocycles. The molecule has 3 rings (SSSR count). The van der Waals surface area contributed by atoms with Crippen LogP contribution in [0.3, 0.4) is 0 Å². The molecule has 2 nitrogen and oxygen atoms in total. The van der Waals surface area contributed by atoms with E-state index in [1.165, 1.54) is 48.8 Å². The molecule has 2 aliphatic rings. The van der Waals surface area contributed by atoms with Gasteiger partial charge in [-0.3, -0.25) is 0 Å². The van der Waals surface area contributed by atoms with E-state index < -0.39 is 0 Å². The summed E-state index contributed by atoms with van der Waals surface area (Å²) < 4.78 is 0. The maximum atomic E-state index is 10.1. The Hall–Kier alpha value is -1.02. The smallest absolute Gasteiger partial charge is 0.120 e. The van der Waals surface area contributed by atoms with Crippen LogP contribution >= 0.6 is 0 Å². The van der Waals surface area contributed by atoms with E-state index in [2.05, 4.69) is 11.4 Å². The van der Waals surface area contributed by atoms with Gasteiger partial charge in [-0.2, -0.15) is 0 Å². The minimum atomic E-state index is 0.396. The zero-order chi connectivity index (χ0) is 11.0. The van der Waals surface area contributed by atoms with E-state index in [0.717, 1.165) is 13.0 Å². The predicted molar refractivity (Wildman–Crippen MR) is 64.7 cm³/mol. The number of fused-ring (bicyclic) bond motifs is 1. The summed E-state index contributed by atoms with van der Waals surface area (Å²) in [6.07, 6.45) is 7.32. The Balaban J connectivity index is 2.06. The molecule has 0 radical (unpaired) electrons. The van der Waals surface area contributed by atoms with Crippen LogP contribution in [0.1, 0.15) is 48.4 Å². The number of aryl methyl sites for hydroxylation is 1. The second-order valence-electron chi connectivity index (χ2n) is 4.99. The first-order valence-electron chi connectivity index (χ1n) is 6.43. The van der Waals surface area contributed by atoms with Crippen LogP contribution < -0.4 is 5.32 Å². The third kappa shape index (κ3) is 1.61. The van der Waals surface area contributed by atoms with Gasteiger partial charge >= 0.3 is 0 Å². The molecule has 0 amide bonds. The van der Waals surface area contributed by atoms with Gasteiger partial charge in [0.25, 0.3) is 0 Å². The normalized spacial score (nSPS) is 24.4. The van der Waals surface area contributed by atoms with E-state index in [0.29, 0.717) is 11.8 Å². The third-order valence-corrected chi connectivity index (χ3v) is 3.96. The molecule has 1 fully saturated rings. The lowest BCUT2D eigenvalue weighted by Crippen LogP contribution is -2.17. The van der Waals surface area contributed by atoms with Crippen LogP contribution in [0.25, 0.3) is 0 Å². The molecule has 16 heavy (non-hydrogen) atoms. The van der Waals surface area contributed by atoms with Gasteiger partial charge in [0.2, 0.25) is 0 Å². The number of hydrogen-bond donors (Lipinski definition) is 2. The summed E-state index contributed by atoms with van der Waals surface area (Å²) in [5, 5.41) is 13.6. The van der Waals surface area contributed by atoms with E-state index in [1.54, 1.807) is 0 Å². The van der Waals surface area contributed by atoms with Crippen molar-refractivity contribution < 1.29 is 5.11 Å². The highest BCUT2D eigenvalue weighted by Gasteiger charge is 2.25. The van der Waals surface area contributed by atoms with Crippen LogP contribution in [0.4, 0.5) is 0 Å². The predicted octanol–water partition coefficient (Wildman–Crippen LogP) is 2.70. The van der Waals surface area contributed by atoms with Crippen LogP contribution in [-0.4, -0.2) is 11.7 Å². The van der Waals surface area contributed by atoms with Crippen molar-refractivity contribution in [3.8, 4) is 5.75 Å². The molecule has 0 saturated carbocycles. The van der Waals surface area contributed by atoms with Gasteiger partial charge in [0.05, 0.1) is 0 Å². The van der Waals surface area contributed by atoms with Gasteiger partial charge in [-0.25, -0.2) is 0 Å². The second kappa shape index (κ2) is 4.10. The Labute approximate surface area is 96.7 Å². The minimum absolute atomic E-state index is 0.396. The lowest BCUT2D eigenvalue weighted by Gasteiger charge is -2.23. The van der Waals surface area contributed by atoms with Crippen LogP contribution in [0.5, 0.6) is 5.75 Å². The lowest BCUT2D eigenvalue weighted by molar-refractivity contribution is 0.452. The number of phenols is 1. The van der Waals surface area contributed by atoms with E-state index in [9.17, 15) is 5.11 Å². The highest BCUT2D eigenvalue weighted by molar-refractivity contribution is 5.47. The molecule has 86 valence electrons. The van der Waals surface area contributed by atoms with Crippen molar-refractivity contribution in [3.63, 3.8) is 0 Å². The Morgan fingerprint density at radius 1 is 1.12 bits per heavy atom. The van der Waals surface area contributed by atoms with Crippen LogP contribution in [0, 0.1) is 0 Å². The summed E-state index contributed by atoms with van der Waals surface area (Å²) in [5.74, 6) is 0.500. The fourth-order valence-electron chi connectivity index (χ4n) is 3.16. The molecule has 2 N–H and O–H groups in total. The number of phenolic OH excluding ortho intramolecular Hbond substituents is 1. The van der Waals surface area contributed by atoms with Gasteiger partial charge in [-0.1, -0.05) is 6.07 Å². The molecule has 1 aliphatic heterocycles. The first-order valence-corrected chi connectivity index (χ1v) is 6.43. The Morgan fingerprint density at radius 2 is 2.00 bits per heavy atom. The largest absolute Gasteiger partial charge is 0.508 e. The van der Waals surface area contributed by atoms with E-state index in [4.69, 9.17) is 0 Å². The molecule has 0 bridgehead atoms. The molecular weight excluding hydrogens is 198 g/mol. The summed E-state index contributed by atoms with van der Waals surface area (Å²) in [4.78, 5) is 0. The first kappa shape index (κ1) is 10.2.